The van der Waals surface area contributed by atoms with Crippen LogP contribution in [0.3, 0.4) is 0 Å². The van der Waals surface area contributed by atoms with Gasteiger partial charge in [-0.1, -0.05) is 5.18 Å². The maximum absolute atomic E-state index is 11.6. The summed E-state index contributed by atoms with van der Waals surface area (Å²) in [6, 6.07) is 2.01. The van der Waals surface area contributed by atoms with E-state index in [0.717, 1.165) is 19.3 Å². The molecule has 0 saturated heterocycles. The molecule has 0 aliphatic heterocycles. The van der Waals surface area contributed by atoms with Gasteiger partial charge < -0.3 is 4.42 Å². The molecule has 1 aromatic heterocycles. The number of nitrogens with zero attached hydrogens (tertiary/aromatic N) is 1. The van der Waals surface area contributed by atoms with Crippen LogP contribution >= 0.6 is 0 Å². The summed E-state index contributed by atoms with van der Waals surface area (Å²) in [5, 5.41) is 2.81. The zero-order valence-electron chi connectivity index (χ0n) is 12.1. The van der Waals surface area contributed by atoms with E-state index in [2.05, 4.69) is 5.18 Å². The molecule has 5 rings (SSSR count). The van der Waals surface area contributed by atoms with E-state index in [4.69, 9.17) is 8.97 Å². The predicted octanol–water partition coefficient (Wildman–Crippen LogP) is 3.55. The molecule has 4 aliphatic carbocycles. The molecule has 4 aliphatic rings. The topological polar surface area (TPSA) is 96.9 Å². The van der Waals surface area contributed by atoms with Crippen LogP contribution in [-0.2, 0) is 10.1 Å². The Morgan fingerprint density at radius 3 is 2.09 bits per heavy atom. The molecule has 4 bridgehead atoms. The number of nitroso groups, excluding NO2 is 1. The van der Waals surface area contributed by atoms with Crippen molar-refractivity contribution in [3.63, 3.8) is 0 Å². The van der Waals surface area contributed by atoms with E-state index in [1.165, 1.54) is 31.4 Å². The molecule has 0 aromatic carbocycles. The molecule has 1 atom stereocenters. The zero-order chi connectivity index (χ0) is 15.5. The molecule has 1 aromatic rings. The normalized spacial score (nSPS) is 38.1. The molecule has 4 saturated carbocycles. The van der Waals surface area contributed by atoms with E-state index in [-0.39, 0.29) is 11.2 Å². The first-order valence-electron chi connectivity index (χ1n) is 7.79. The summed E-state index contributed by atoms with van der Waals surface area (Å²) in [7, 11) is -4.39. The molecule has 0 radical (unpaired) electrons. The smallest absolute Gasteiger partial charge is 0.328 e. The van der Waals surface area contributed by atoms with Gasteiger partial charge in [0, 0.05) is 5.41 Å². The van der Waals surface area contributed by atoms with Gasteiger partial charge in [-0.15, -0.1) is 0 Å². The van der Waals surface area contributed by atoms with Crippen LogP contribution in [0, 0.1) is 28.1 Å². The maximum Gasteiger partial charge on any atom is 0.328 e. The van der Waals surface area contributed by atoms with Gasteiger partial charge in [0.2, 0.25) is 5.09 Å². The molecule has 4 fully saturated rings. The summed E-state index contributed by atoms with van der Waals surface area (Å²) >= 11 is 0. The molecule has 1 heterocycles. The lowest BCUT2D eigenvalue weighted by atomic mass is 9.47. The van der Waals surface area contributed by atoms with Gasteiger partial charge >= 0.3 is 10.1 Å². The molecule has 0 spiro atoms. The SMILES string of the molecule is O=NC(c1ccc(S(=O)(=O)O)o1)C12CC3CC(CC(C3)C1)C2. The van der Waals surface area contributed by atoms with Crippen LogP contribution in [0.15, 0.2) is 26.8 Å². The summed E-state index contributed by atoms with van der Waals surface area (Å²) in [6.45, 7) is 0. The average Bonchev–Trinajstić information content (AvgIpc) is 2.86. The number of furan rings is 1. The Morgan fingerprint density at radius 2 is 1.68 bits per heavy atom. The van der Waals surface area contributed by atoms with E-state index in [1.54, 1.807) is 0 Å². The van der Waals surface area contributed by atoms with E-state index in [0.29, 0.717) is 17.8 Å². The minimum Gasteiger partial charge on any atom is -0.445 e. The van der Waals surface area contributed by atoms with E-state index >= 15 is 0 Å². The van der Waals surface area contributed by atoms with E-state index in [1.807, 2.05) is 0 Å². The molecule has 7 heteroatoms. The quantitative estimate of drug-likeness (QED) is 0.674. The Labute approximate surface area is 129 Å². The molecule has 22 heavy (non-hydrogen) atoms. The van der Waals surface area contributed by atoms with Gasteiger partial charge in [-0.05, 0) is 68.4 Å². The molecule has 6 nitrogen and oxygen atoms in total. The Hall–Kier alpha value is -1.21. The van der Waals surface area contributed by atoms with Crippen molar-refractivity contribution >= 4 is 10.1 Å². The standard InChI is InChI=1S/C15H19NO5S/c17-16-14(12-1-2-13(21-12)22(18,19)20)15-6-9-3-10(7-15)5-11(4-9)8-15/h1-2,9-11,14H,3-8H2,(H,18,19,20). The highest BCUT2D eigenvalue weighted by molar-refractivity contribution is 7.85. The van der Waals surface area contributed by atoms with Crippen LogP contribution in [0.4, 0.5) is 0 Å². The zero-order valence-corrected chi connectivity index (χ0v) is 13.0. The van der Waals surface area contributed by atoms with Gasteiger partial charge in [-0.2, -0.15) is 13.3 Å². The third-order valence-corrected chi connectivity index (χ3v) is 6.62. The highest BCUT2D eigenvalue weighted by Gasteiger charge is 2.56. The van der Waals surface area contributed by atoms with Crippen molar-refractivity contribution < 1.29 is 17.4 Å². The van der Waals surface area contributed by atoms with Gasteiger partial charge in [0.1, 0.15) is 5.76 Å². The molecule has 120 valence electrons. The molecule has 1 unspecified atom stereocenters. The third kappa shape index (κ3) is 2.13. The monoisotopic (exact) mass is 325 g/mol. The third-order valence-electron chi connectivity index (χ3n) is 5.90. The predicted molar refractivity (Wildman–Crippen MR) is 77.7 cm³/mol. The van der Waals surface area contributed by atoms with Crippen molar-refractivity contribution in [2.75, 3.05) is 0 Å². The second-order valence-corrected chi connectivity index (χ2v) is 8.77. The fourth-order valence-corrected chi connectivity index (χ4v) is 6.04. The summed E-state index contributed by atoms with van der Waals surface area (Å²) in [6.07, 6.45) is 6.66. The van der Waals surface area contributed by atoms with Crippen molar-refractivity contribution in [3.05, 3.63) is 22.8 Å². The van der Waals surface area contributed by atoms with Crippen molar-refractivity contribution in [2.45, 2.75) is 49.7 Å². The second-order valence-electron chi connectivity index (χ2n) is 7.42. The van der Waals surface area contributed by atoms with Crippen LogP contribution in [-0.4, -0.2) is 13.0 Å². The summed E-state index contributed by atoms with van der Waals surface area (Å²) in [5.74, 6) is 2.24. The maximum atomic E-state index is 11.6. The van der Waals surface area contributed by atoms with Crippen LogP contribution in [0.25, 0.3) is 0 Å². The molecule has 0 amide bonds. The summed E-state index contributed by atoms with van der Waals surface area (Å²) in [5.41, 5.74) is -0.190. The Morgan fingerprint density at radius 1 is 1.14 bits per heavy atom. The van der Waals surface area contributed by atoms with Gasteiger partial charge in [-0.3, -0.25) is 4.55 Å². The fraction of sp³-hybridized carbons (Fsp3) is 0.733. The minimum atomic E-state index is -4.39. The fourth-order valence-electron chi connectivity index (χ4n) is 5.60. The van der Waals surface area contributed by atoms with Gasteiger partial charge in [-0.25, -0.2) is 0 Å². The lowest BCUT2D eigenvalue weighted by Crippen LogP contribution is -2.48. The Kier molecular flexibility index (Phi) is 3.04. The number of hydrogen-bond acceptors (Lipinski definition) is 5. The number of hydrogen-bond donors (Lipinski definition) is 1. The van der Waals surface area contributed by atoms with Crippen molar-refractivity contribution in [1.29, 1.82) is 0 Å². The summed E-state index contributed by atoms with van der Waals surface area (Å²) < 4.78 is 36.6. The van der Waals surface area contributed by atoms with E-state index in [9.17, 15) is 13.3 Å². The highest BCUT2D eigenvalue weighted by Crippen LogP contribution is 2.64. The van der Waals surface area contributed by atoms with Crippen LogP contribution in [0.1, 0.15) is 50.3 Å². The first-order valence-corrected chi connectivity index (χ1v) is 9.23. The van der Waals surface area contributed by atoms with Gasteiger partial charge in [0.05, 0.1) is 0 Å². The minimum absolute atomic E-state index is 0.190. The molecular weight excluding hydrogens is 306 g/mol. The Bertz CT molecular complexity index is 672. The first kappa shape index (κ1) is 14.4. The largest absolute Gasteiger partial charge is 0.445 e. The molecule has 1 N–H and O–H groups in total. The highest BCUT2D eigenvalue weighted by atomic mass is 32.2. The lowest BCUT2D eigenvalue weighted by molar-refractivity contribution is -0.0711. The van der Waals surface area contributed by atoms with Gasteiger partial charge in [0.25, 0.3) is 0 Å². The lowest BCUT2D eigenvalue weighted by Gasteiger charge is -2.57. The average molecular weight is 325 g/mol. The van der Waals surface area contributed by atoms with Gasteiger partial charge in [0.15, 0.2) is 6.04 Å². The van der Waals surface area contributed by atoms with E-state index < -0.39 is 21.3 Å². The number of rotatable bonds is 4. The van der Waals surface area contributed by atoms with Crippen LogP contribution in [0.5, 0.6) is 0 Å². The second kappa shape index (κ2) is 4.64. The Balaban J connectivity index is 1.70. The summed E-state index contributed by atoms with van der Waals surface area (Å²) in [4.78, 5) is 11.6. The van der Waals surface area contributed by atoms with Crippen LogP contribution < -0.4 is 0 Å². The van der Waals surface area contributed by atoms with Crippen molar-refractivity contribution in [3.8, 4) is 0 Å². The molecular formula is C15H19NO5S. The van der Waals surface area contributed by atoms with Crippen molar-refractivity contribution in [2.24, 2.45) is 28.3 Å². The first-order chi connectivity index (χ1) is 10.4. The van der Waals surface area contributed by atoms with Crippen molar-refractivity contribution in [1.82, 2.24) is 0 Å². The van der Waals surface area contributed by atoms with Crippen LogP contribution in [0.2, 0.25) is 0 Å².